The van der Waals surface area contributed by atoms with Gasteiger partial charge < -0.3 is 19.9 Å². The maximum atomic E-state index is 11.8. The smallest absolute Gasteiger partial charge is 0.329 e. The number of aromatic hydroxyl groups is 1. The van der Waals surface area contributed by atoms with E-state index in [0.29, 0.717) is 17.0 Å². The molecule has 0 aliphatic carbocycles. The van der Waals surface area contributed by atoms with Gasteiger partial charge in [-0.15, -0.1) is 0 Å². The molecule has 0 unspecified atom stereocenters. The molecule has 0 aliphatic rings. The van der Waals surface area contributed by atoms with Crippen LogP contribution in [-0.4, -0.2) is 37.4 Å². The molecule has 0 aromatic heterocycles. The molecular formula is C17H17N3O5. The topological polar surface area (TPSA) is 109 Å². The molecule has 0 radical (unpaired) electrons. The summed E-state index contributed by atoms with van der Waals surface area (Å²) in [6, 6.07) is 11.3. The Morgan fingerprint density at radius 2 is 1.76 bits per heavy atom. The van der Waals surface area contributed by atoms with E-state index in [1.807, 2.05) is 0 Å². The fourth-order valence-corrected chi connectivity index (χ4v) is 1.88. The van der Waals surface area contributed by atoms with E-state index in [1.54, 1.807) is 42.5 Å². The minimum Gasteiger partial charge on any atom is -0.504 e. The van der Waals surface area contributed by atoms with Crippen LogP contribution in [0.2, 0.25) is 0 Å². The average molecular weight is 343 g/mol. The number of para-hydroxylation sites is 1. The first kappa shape index (κ1) is 17.8. The van der Waals surface area contributed by atoms with Crippen LogP contribution in [0, 0.1) is 0 Å². The Morgan fingerprint density at radius 1 is 1.04 bits per heavy atom. The molecule has 8 heteroatoms. The van der Waals surface area contributed by atoms with Crippen molar-refractivity contribution in [1.29, 1.82) is 0 Å². The molecule has 2 aromatic carbocycles. The van der Waals surface area contributed by atoms with Crippen molar-refractivity contribution in [3.63, 3.8) is 0 Å². The standard InChI is InChI=1S/C17H17N3O5/c1-24-13-8-6-12(7-9-13)19-16(22)17(23)20-18-10-11-4-3-5-14(25-2)15(11)21/h3-10,21H,1-2H3,(H,19,22)(H,20,23)/b18-10-. The number of nitrogens with zero attached hydrogens (tertiary/aromatic N) is 1. The summed E-state index contributed by atoms with van der Waals surface area (Å²) in [4.78, 5) is 23.5. The number of rotatable bonds is 5. The van der Waals surface area contributed by atoms with Crippen LogP contribution in [0.15, 0.2) is 47.6 Å². The van der Waals surface area contributed by atoms with Crippen LogP contribution >= 0.6 is 0 Å². The maximum absolute atomic E-state index is 11.8. The molecule has 0 saturated carbocycles. The van der Waals surface area contributed by atoms with Gasteiger partial charge >= 0.3 is 11.8 Å². The molecule has 8 nitrogen and oxygen atoms in total. The summed E-state index contributed by atoms with van der Waals surface area (Å²) >= 11 is 0. The number of phenols is 1. The van der Waals surface area contributed by atoms with Crippen molar-refractivity contribution in [1.82, 2.24) is 5.43 Å². The van der Waals surface area contributed by atoms with Gasteiger partial charge in [-0.05, 0) is 36.4 Å². The SMILES string of the molecule is COc1ccc(NC(=O)C(=O)N/N=C\c2cccc(OC)c2O)cc1. The van der Waals surface area contributed by atoms with E-state index in [1.165, 1.54) is 20.4 Å². The summed E-state index contributed by atoms with van der Waals surface area (Å²) in [5.41, 5.74) is 2.85. The molecule has 2 aromatic rings. The van der Waals surface area contributed by atoms with Gasteiger partial charge in [-0.2, -0.15) is 5.10 Å². The number of hydrogen-bond acceptors (Lipinski definition) is 6. The third kappa shape index (κ3) is 4.71. The fraction of sp³-hybridized carbons (Fsp3) is 0.118. The van der Waals surface area contributed by atoms with E-state index in [2.05, 4.69) is 15.8 Å². The van der Waals surface area contributed by atoms with Crippen molar-refractivity contribution in [3.8, 4) is 17.2 Å². The highest BCUT2D eigenvalue weighted by Gasteiger charge is 2.13. The van der Waals surface area contributed by atoms with E-state index in [-0.39, 0.29) is 11.5 Å². The lowest BCUT2D eigenvalue weighted by atomic mass is 10.2. The number of phenolic OH excluding ortho intramolecular Hbond substituents is 1. The summed E-state index contributed by atoms with van der Waals surface area (Å²) in [5, 5.41) is 16.0. The first-order valence-electron chi connectivity index (χ1n) is 7.19. The average Bonchev–Trinajstić information content (AvgIpc) is 2.63. The van der Waals surface area contributed by atoms with Crippen molar-refractivity contribution in [2.75, 3.05) is 19.5 Å². The Hall–Kier alpha value is -3.55. The lowest BCUT2D eigenvalue weighted by molar-refractivity contribution is -0.136. The molecule has 130 valence electrons. The van der Waals surface area contributed by atoms with Crippen LogP contribution in [0.5, 0.6) is 17.2 Å². The number of carbonyl (C=O) groups is 2. The second kappa shape index (κ2) is 8.34. The zero-order valence-corrected chi connectivity index (χ0v) is 13.6. The molecule has 0 spiro atoms. The van der Waals surface area contributed by atoms with Crippen molar-refractivity contribution < 1.29 is 24.2 Å². The Morgan fingerprint density at radius 3 is 2.40 bits per heavy atom. The zero-order valence-electron chi connectivity index (χ0n) is 13.6. The highest BCUT2D eigenvalue weighted by atomic mass is 16.5. The summed E-state index contributed by atoms with van der Waals surface area (Å²) in [6.07, 6.45) is 1.20. The van der Waals surface area contributed by atoms with E-state index in [0.717, 1.165) is 0 Å². The first-order valence-corrected chi connectivity index (χ1v) is 7.19. The van der Waals surface area contributed by atoms with Gasteiger partial charge in [-0.3, -0.25) is 9.59 Å². The fourth-order valence-electron chi connectivity index (χ4n) is 1.88. The lowest BCUT2D eigenvalue weighted by Crippen LogP contribution is -2.32. The molecule has 0 fully saturated rings. The van der Waals surface area contributed by atoms with Crippen LogP contribution in [0.3, 0.4) is 0 Å². The second-order valence-corrected chi connectivity index (χ2v) is 4.78. The number of amides is 2. The van der Waals surface area contributed by atoms with Crippen LogP contribution in [-0.2, 0) is 9.59 Å². The molecule has 0 saturated heterocycles. The lowest BCUT2D eigenvalue weighted by Gasteiger charge is -2.06. The van der Waals surface area contributed by atoms with Crippen molar-refractivity contribution in [3.05, 3.63) is 48.0 Å². The maximum Gasteiger partial charge on any atom is 0.329 e. The Labute approximate surface area is 144 Å². The molecule has 0 atom stereocenters. The number of hydrogen-bond donors (Lipinski definition) is 3. The number of anilines is 1. The van der Waals surface area contributed by atoms with Crippen LogP contribution in [0.1, 0.15) is 5.56 Å². The minimum atomic E-state index is -0.950. The van der Waals surface area contributed by atoms with Crippen LogP contribution < -0.4 is 20.2 Å². The van der Waals surface area contributed by atoms with Gasteiger partial charge in [0.2, 0.25) is 0 Å². The highest BCUT2D eigenvalue weighted by Crippen LogP contribution is 2.27. The largest absolute Gasteiger partial charge is 0.504 e. The molecule has 0 heterocycles. The number of hydrazone groups is 1. The first-order chi connectivity index (χ1) is 12.0. The third-order valence-electron chi connectivity index (χ3n) is 3.17. The number of carbonyl (C=O) groups excluding carboxylic acids is 2. The molecule has 3 N–H and O–H groups in total. The predicted molar refractivity (Wildman–Crippen MR) is 92.0 cm³/mol. The zero-order chi connectivity index (χ0) is 18.2. The van der Waals surface area contributed by atoms with Gasteiger partial charge in [0.15, 0.2) is 11.5 Å². The van der Waals surface area contributed by atoms with E-state index >= 15 is 0 Å². The molecule has 2 rings (SSSR count). The quantitative estimate of drug-likeness (QED) is 0.433. The van der Waals surface area contributed by atoms with Crippen molar-refractivity contribution in [2.45, 2.75) is 0 Å². The monoisotopic (exact) mass is 343 g/mol. The summed E-state index contributed by atoms with van der Waals surface area (Å²) in [7, 11) is 2.94. The van der Waals surface area contributed by atoms with Gasteiger partial charge in [0.25, 0.3) is 0 Å². The predicted octanol–water partition coefficient (Wildman–Crippen LogP) is 1.50. The molecule has 0 aliphatic heterocycles. The van der Waals surface area contributed by atoms with Gasteiger partial charge in [-0.1, -0.05) is 6.07 Å². The molecule has 2 amide bonds. The minimum absolute atomic E-state index is 0.120. The van der Waals surface area contributed by atoms with Crippen molar-refractivity contribution >= 4 is 23.7 Å². The van der Waals surface area contributed by atoms with E-state index < -0.39 is 11.8 Å². The Balaban J connectivity index is 1.93. The second-order valence-electron chi connectivity index (χ2n) is 4.78. The van der Waals surface area contributed by atoms with E-state index in [9.17, 15) is 14.7 Å². The normalized spacial score (nSPS) is 10.3. The van der Waals surface area contributed by atoms with Gasteiger partial charge in [-0.25, -0.2) is 5.43 Å². The third-order valence-corrected chi connectivity index (χ3v) is 3.17. The number of nitrogens with one attached hydrogen (secondary N) is 2. The summed E-state index contributed by atoms with van der Waals surface area (Å²) in [6.45, 7) is 0. The van der Waals surface area contributed by atoms with Gasteiger partial charge in [0.05, 0.1) is 20.4 Å². The highest BCUT2D eigenvalue weighted by molar-refractivity contribution is 6.39. The number of ether oxygens (including phenoxy) is 2. The van der Waals surface area contributed by atoms with Gasteiger partial charge in [0.1, 0.15) is 5.75 Å². The summed E-state index contributed by atoms with van der Waals surface area (Å²) < 4.78 is 9.96. The van der Waals surface area contributed by atoms with Crippen LogP contribution in [0.25, 0.3) is 0 Å². The summed E-state index contributed by atoms with van der Waals surface area (Å²) in [5.74, 6) is -1.05. The molecule has 0 bridgehead atoms. The number of methoxy groups -OCH3 is 2. The van der Waals surface area contributed by atoms with E-state index in [4.69, 9.17) is 9.47 Å². The van der Waals surface area contributed by atoms with Gasteiger partial charge in [0, 0.05) is 11.3 Å². The van der Waals surface area contributed by atoms with Crippen molar-refractivity contribution in [2.24, 2.45) is 5.10 Å². The number of benzene rings is 2. The van der Waals surface area contributed by atoms with Crippen LogP contribution in [0.4, 0.5) is 5.69 Å². The molecule has 25 heavy (non-hydrogen) atoms. The Kier molecular flexibility index (Phi) is 5.94. The molecular weight excluding hydrogens is 326 g/mol. The Bertz CT molecular complexity index is 787.